The molecule has 0 N–H and O–H groups in total. The second-order valence-corrected chi connectivity index (χ2v) is 5.20. The molecule has 0 amide bonds. The highest BCUT2D eigenvalue weighted by Crippen LogP contribution is 2.73. The first-order valence-corrected chi connectivity index (χ1v) is 4.48. The van der Waals surface area contributed by atoms with E-state index in [0.29, 0.717) is 10.8 Å². The van der Waals surface area contributed by atoms with Gasteiger partial charge in [-0.25, -0.2) is 0 Å². The second-order valence-electron chi connectivity index (χ2n) is 5.20. The summed E-state index contributed by atoms with van der Waals surface area (Å²) in [7, 11) is 0. The quantitative estimate of drug-likeness (QED) is 0.482. The topological polar surface area (TPSA) is 0 Å². The van der Waals surface area contributed by atoms with Crippen LogP contribution in [0.15, 0.2) is 0 Å². The Hall–Kier alpha value is 0. The van der Waals surface area contributed by atoms with Gasteiger partial charge in [-0.15, -0.1) is 0 Å². The van der Waals surface area contributed by atoms with Gasteiger partial charge in [0.05, 0.1) is 0 Å². The molecule has 0 saturated heterocycles. The Morgan fingerprint density at radius 3 is 2.00 bits per heavy atom. The van der Waals surface area contributed by atoms with Crippen LogP contribution in [0.4, 0.5) is 0 Å². The van der Waals surface area contributed by atoms with Gasteiger partial charge in [0.25, 0.3) is 0 Å². The summed E-state index contributed by atoms with van der Waals surface area (Å²) in [6.45, 7) is 9.76. The molecule has 3 unspecified atom stereocenters. The zero-order valence-electron chi connectivity index (χ0n) is 7.57. The van der Waals surface area contributed by atoms with Gasteiger partial charge in [-0.2, -0.15) is 0 Å². The minimum absolute atomic E-state index is 0.648. The zero-order chi connectivity index (χ0) is 7.57. The minimum atomic E-state index is 0.648. The molecule has 10 heavy (non-hydrogen) atoms. The molecule has 2 saturated carbocycles. The predicted octanol–water partition coefficient (Wildman–Crippen LogP) is 3.08. The predicted molar refractivity (Wildman–Crippen MR) is 43.8 cm³/mol. The van der Waals surface area contributed by atoms with Crippen molar-refractivity contribution < 1.29 is 0 Å². The molecule has 2 aliphatic rings. The van der Waals surface area contributed by atoms with Gasteiger partial charge < -0.3 is 0 Å². The highest BCUT2D eigenvalue weighted by atomic mass is 14.7. The van der Waals surface area contributed by atoms with E-state index in [1.165, 1.54) is 12.8 Å². The summed E-state index contributed by atoms with van der Waals surface area (Å²) in [5.74, 6) is 2.07. The average molecular weight is 138 g/mol. The zero-order valence-corrected chi connectivity index (χ0v) is 7.57. The van der Waals surface area contributed by atoms with Gasteiger partial charge in [-0.1, -0.05) is 27.7 Å². The maximum Gasteiger partial charge on any atom is -0.0220 e. The van der Waals surface area contributed by atoms with Gasteiger partial charge in [0.2, 0.25) is 0 Å². The van der Waals surface area contributed by atoms with Crippen LogP contribution >= 0.6 is 0 Å². The third-order valence-corrected chi connectivity index (χ3v) is 4.72. The van der Waals surface area contributed by atoms with E-state index in [4.69, 9.17) is 0 Å². The molecular weight excluding hydrogens is 120 g/mol. The summed E-state index contributed by atoms with van der Waals surface area (Å²) in [5, 5.41) is 0. The molecule has 0 aromatic heterocycles. The molecule has 0 aromatic carbocycles. The molecule has 2 rings (SSSR count). The van der Waals surface area contributed by atoms with E-state index < -0.39 is 0 Å². The molecule has 0 spiro atoms. The van der Waals surface area contributed by atoms with E-state index in [-0.39, 0.29) is 0 Å². The first kappa shape index (κ1) is 6.69. The average Bonchev–Trinajstić information content (AvgIpc) is 1.86. The molecule has 2 fully saturated rings. The van der Waals surface area contributed by atoms with Crippen LogP contribution < -0.4 is 0 Å². The van der Waals surface area contributed by atoms with Gasteiger partial charge in [0, 0.05) is 0 Å². The van der Waals surface area contributed by atoms with Crippen molar-refractivity contribution >= 4 is 0 Å². The highest BCUT2D eigenvalue weighted by Gasteiger charge is 2.65. The second kappa shape index (κ2) is 1.44. The molecule has 0 nitrogen and oxygen atoms in total. The molecule has 0 bridgehead atoms. The SMILES string of the molecule is CC1CC2CC(C)(C)C12C. The Morgan fingerprint density at radius 1 is 1.20 bits per heavy atom. The first-order valence-electron chi connectivity index (χ1n) is 4.48. The van der Waals surface area contributed by atoms with Crippen LogP contribution in [0, 0.1) is 22.7 Å². The molecule has 3 atom stereocenters. The van der Waals surface area contributed by atoms with E-state index in [9.17, 15) is 0 Å². The van der Waals surface area contributed by atoms with Gasteiger partial charge in [0.1, 0.15) is 0 Å². The molecule has 0 radical (unpaired) electrons. The van der Waals surface area contributed by atoms with Crippen molar-refractivity contribution in [2.75, 3.05) is 0 Å². The van der Waals surface area contributed by atoms with Crippen molar-refractivity contribution in [3.05, 3.63) is 0 Å². The molecule has 0 aliphatic heterocycles. The molecule has 0 heteroatoms. The van der Waals surface area contributed by atoms with Crippen molar-refractivity contribution in [3.8, 4) is 0 Å². The van der Waals surface area contributed by atoms with Gasteiger partial charge in [-0.05, 0) is 35.5 Å². The van der Waals surface area contributed by atoms with Crippen LogP contribution in [-0.4, -0.2) is 0 Å². The lowest BCUT2D eigenvalue weighted by Crippen LogP contribution is -2.64. The Bertz CT molecular complexity index is 163. The molecular formula is C10H18. The van der Waals surface area contributed by atoms with E-state index >= 15 is 0 Å². The Kier molecular flexibility index (Phi) is 0.964. The van der Waals surface area contributed by atoms with Gasteiger partial charge in [0.15, 0.2) is 0 Å². The van der Waals surface area contributed by atoms with Gasteiger partial charge in [-0.3, -0.25) is 0 Å². The standard InChI is InChI=1S/C10H18/c1-7-5-8-6-9(2,3)10(7,8)4/h7-8H,5-6H2,1-4H3. The summed E-state index contributed by atoms with van der Waals surface area (Å²) in [6, 6.07) is 0. The Morgan fingerprint density at radius 2 is 1.80 bits per heavy atom. The lowest BCUT2D eigenvalue weighted by Gasteiger charge is -2.72. The fourth-order valence-electron chi connectivity index (χ4n) is 3.38. The van der Waals surface area contributed by atoms with E-state index in [1.54, 1.807) is 0 Å². The summed E-state index contributed by atoms with van der Waals surface area (Å²) in [5.41, 5.74) is 1.36. The number of hydrogen-bond donors (Lipinski definition) is 0. The summed E-state index contributed by atoms with van der Waals surface area (Å²) in [4.78, 5) is 0. The van der Waals surface area contributed by atoms with Crippen LogP contribution in [0.1, 0.15) is 40.5 Å². The third kappa shape index (κ3) is 0.436. The largest absolute Gasteiger partial charge is 0.0619 e. The van der Waals surface area contributed by atoms with Crippen molar-refractivity contribution in [1.29, 1.82) is 0 Å². The first-order chi connectivity index (χ1) is 4.48. The van der Waals surface area contributed by atoms with Gasteiger partial charge >= 0.3 is 0 Å². The van der Waals surface area contributed by atoms with Crippen LogP contribution in [0.3, 0.4) is 0 Å². The monoisotopic (exact) mass is 138 g/mol. The minimum Gasteiger partial charge on any atom is -0.0619 e. The fraction of sp³-hybridized carbons (Fsp3) is 1.00. The highest BCUT2D eigenvalue weighted by molar-refractivity contribution is 5.14. The Labute approximate surface area is 64.0 Å². The molecule has 58 valence electrons. The van der Waals surface area contributed by atoms with Crippen LogP contribution in [0.2, 0.25) is 0 Å². The molecule has 0 heterocycles. The van der Waals surface area contributed by atoms with Crippen molar-refractivity contribution in [3.63, 3.8) is 0 Å². The lowest BCUT2D eigenvalue weighted by molar-refractivity contribution is -0.228. The van der Waals surface area contributed by atoms with E-state index in [2.05, 4.69) is 27.7 Å². The van der Waals surface area contributed by atoms with Crippen molar-refractivity contribution in [2.45, 2.75) is 40.5 Å². The summed E-state index contributed by atoms with van der Waals surface area (Å²) < 4.78 is 0. The maximum absolute atomic E-state index is 2.48. The van der Waals surface area contributed by atoms with Crippen LogP contribution in [0.25, 0.3) is 0 Å². The number of fused-ring (bicyclic) bond motifs is 1. The van der Waals surface area contributed by atoms with E-state index in [1.807, 2.05) is 0 Å². The van der Waals surface area contributed by atoms with Crippen LogP contribution in [0.5, 0.6) is 0 Å². The summed E-state index contributed by atoms with van der Waals surface area (Å²) >= 11 is 0. The van der Waals surface area contributed by atoms with Crippen molar-refractivity contribution in [2.24, 2.45) is 22.7 Å². The normalized spacial score (nSPS) is 56.4. The molecule has 0 aromatic rings. The molecule has 2 aliphatic carbocycles. The fourth-order valence-corrected chi connectivity index (χ4v) is 3.38. The van der Waals surface area contributed by atoms with Crippen LogP contribution in [-0.2, 0) is 0 Å². The van der Waals surface area contributed by atoms with E-state index in [0.717, 1.165) is 11.8 Å². The Balaban J connectivity index is 2.23. The lowest BCUT2D eigenvalue weighted by atomic mass is 9.33. The number of hydrogen-bond acceptors (Lipinski definition) is 0. The summed E-state index contributed by atoms with van der Waals surface area (Å²) in [6.07, 6.45) is 2.98. The maximum atomic E-state index is 2.48. The number of rotatable bonds is 0. The van der Waals surface area contributed by atoms with Crippen molar-refractivity contribution in [1.82, 2.24) is 0 Å². The smallest absolute Gasteiger partial charge is 0.0220 e. The third-order valence-electron chi connectivity index (χ3n) is 4.72.